The van der Waals surface area contributed by atoms with Crippen LogP contribution in [0, 0.1) is 5.92 Å². The molecular formula is C20H27ClN2O5S. The molecular weight excluding hydrogens is 416 g/mol. The second-order valence-corrected chi connectivity index (χ2v) is 9.89. The number of esters is 1. The predicted molar refractivity (Wildman–Crippen MR) is 109 cm³/mol. The summed E-state index contributed by atoms with van der Waals surface area (Å²) in [4.78, 5) is 26.4. The van der Waals surface area contributed by atoms with Crippen molar-refractivity contribution in [3.05, 3.63) is 28.8 Å². The maximum absolute atomic E-state index is 13.1. The van der Waals surface area contributed by atoms with Gasteiger partial charge in [0.15, 0.2) is 0 Å². The molecule has 0 unspecified atom stereocenters. The highest BCUT2D eigenvalue weighted by atomic mass is 35.5. The highest BCUT2D eigenvalue weighted by Crippen LogP contribution is 2.27. The predicted octanol–water partition coefficient (Wildman–Crippen LogP) is 2.93. The van der Waals surface area contributed by atoms with Crippen LogP contribution in [0.5, 0.6) is 0 Å². The van der Waals surface area contributed by atoms with Crippen LogP contribution >= 0.6 is 11.6 Å². The molecule has 0 aromatic heterocycles. The molecule has 0 spiro atoms. The first-order valence-electron chi connectivity index (χ1n) is 10.0. The van der Waals surface area contributed by atoms with E-state index in [1.54, 1.807) is 4.90 Å². The molecule has 1 aromatic rings. The molecule has 2 heterocycles. The Kier molecular flexibility index (Phi) is 7.19. The molecule has 0 N–H and O–H groups in total. The number of benzene rings is 1. The Bertz CT molecular complexity index is 858. The quantitative estimate of drug-likeness (QED) is 0.669. The van der Waals surface area contributed by atoms with Crippen LogP contribution in [0.25, 0.3) is 0 Å². The fourth-order valence-corrected chi connectivity index (χ4v) is 5.66. The monoisotopic (exact) mass is 442 g/mol. The zero-order chi connectivity index (χ0) is 21.0. The molecule has 2 aliphatic heterocycles. The number of hydrogen-bond donors (Lipinski definition) is 0. The summed E-state index contributed by atoms with van der Waals surface area (Å²) in [5, 5.41) is 0.222. The third-order valence-corrected chi connectivity index (χ3v) is 7.91. The average molecular weight is 443 g/mol. The molecule has 160 valence electrons. The van der Waals surface area contributed by atoms with E-state index in [-0.39, 0.29) is 33.3 Å². The minimum atomic E-state index is -3.67. The maximum Gasteiger partial charge on any atom is 0.308 e. The molecule has 29 heavy (non-hydrogen) atoms. The molecule has 0 radical (unpaired) electrons. The van der Waals surface area contributed by atoms with Crippen LogP contribution in [0.3, 0.4) is 0 Å². The molecule has 0 saturated carbocycles. The van der Waals surface area contributed by atoms with Crippen molar-refractivity contribution in [2.24, 2.45) is 5.92 Å². The summed E-state index contributed by atoms with van der Waals surface area (Å²) >= 11 is 6.24. The molecule has 2 saturated heterocycles. The van der Waals surface area contributed by atoms with Gasteiger partial charge in [-0.3, -0.25) is 9.59 Å². The summed E-state index contributed by atoms with van der Waals surface area (Å²) in [5.41, 5.74) is 0.180. The van der Waals surface area contributed by atoms with Gasteiger partial charge in [-0.05, 0) is 43.9 Å². The van der Waals surface area contributed by atoms with Crippen molar-refractivity contribution < 1.29 is 22.7 Å². The smallest absolute Gasteiger partial charge is 0.308 e. The number of amides is 1. The lowest BCUT2D eigenvalue weighted by Crippen LogP contribution is -2.40. The van der Waals surface area contributed by atoms with Gasteiger partial charge in [0, 0.05) is 26.2 Å². The van der Waals surface area contributed by atoms with Crippen molar-refractivity contribution in [1.82, 2.24) is 9.21 Å². The van der Waals surface area contributed by atoms with E-state index >= 15 is 0 Å². The largest absolute Gasteiger partial charge is 0.469 e. The summed E-state index contributed by atoms with van der Waals surface area (Å²) in [6, 6.07) is 4.32. The molecule has 1 amide bonds. The van der Waals surface area contributed by atoms with E-state index in [4.69, 9.17) is 16.3 Å². The van der Waals surface area contributed by atoms with E-state index in [0.29, 0.717) is 39.0 Å². The summed E-state index contributed by atoms with van der Waals surface area (Å²) in [6.45, 7) is 1.79. The van der Waals surface area contributed by atoms with Crippen molar-refractivity contribution in [2.45, 2.75) is 43.4 Å². The highest BCUT2D eigenvalue weighted by molar-refractivity contribution is 7.89. The van der Waals surface area contributed by atoms with Crippen molar-refractivity contribution >= 4 is 33.5 Å². The van der Waals surface area contributed by atoms with E-state index < -0.39 is 10.0 Å². The standard InChI is InChI=1S/C20H27ClN2O5S/c1-28-20(25)15-8-12-22(13-9-15)19(24)17-14-16(6-7-18(17)21)29(26,27)23-10-4-2-3-5-11-23/h6-7,14-15H,2-5,8-13H2,1H3. The number of sulfonamides is 1. The summed E-state index contributed by atoms with van der Waals surface area (Å²) in [5.74, 6) is -0.791. The van der Waals surface area contributed by atoms with Crippen LogP contribution < -0.4 is 0 Å². The highest BCUT2D eigenvalue weighted by Gasteiger charge is 2.31. The normalized spacial score (nSPS) is 19.6. The van der Waals surface area contributed by atoms with Crippen molar-refractivity contribution in [3.8, 4) is 0 Å². The average Bonchev–Trinajstić information content (AvgIpc) is 3.03. The molecule has 0 atom stereocenters. The minimum Gasteiger partial charge on any atom is -0.469 e. The van der Waals surface area contributed by atoms with Gasteiger partial charge in [0.25, 0.3) is 5.91 Å². The number of halogens is 1. The van der Waals surface area contributed by atoms with Gasteiger partial charge in [-0.15, -0.1) is 0 Å². The summed E-state index contributed by atoms with van der Waals surface area (Å²) in [7, 11) is -2.31. The van der Waals surface area contributed by atoms with E-state index in [1.807, 2.05) is 0 Å². The Morgan fingerprint density at radius 1 is 1.03 bits per heavy atom. The van der Waals surface area contributed by atoms with Gasteiger partial charge in [0.2, 0.25) is 10.0 Å². The number of carbonyl (C=O) groups is 2. The second-order valence-electron chi connectivity index (χ2n) is 7.55. The number of nitrogens with zero attached hydrogens (tertiary/aromatic N) is 2. The third kappa shape index (κ3) is 4.92. The fourth-order valence-electron chi connectivity index (χ4n) is 3.92. The Hall–Kier alpha value is -1.64. The fraction of sp³-hybridized carbons (Fsp3) is 0.600. The number of rotatable bonds is 4. The van der Waals surface area contributed by atoms with Crippen LogP contribution in [0.2, 0.25) is 5.02 Å². The second kappa shape index (κ2) is 9.45. The molecule has 3 rings (SSSR count). The van der Waals surface area contributed by atoms with Crippen LogP contribution in [0.4, 0.5) is 0 Å². The molecule has 0 aliphatic carbocycles. The van der Waals surface area contributed by atoms with Crippen LogP contribution in [0.15, 0.2) is 23.1 Å². The molecule has 0 bridgehead atoms. The Morgan fingerprint density at radius 2 is 1.66 bits per heavy atom. The Labute approximate surface area is 177 Å². The van der Waals surface area contributed by atoms with E-state index in [1.165, 1.54) is 29.6 Å². The van der Waals surface area contributed by atoms with Crippen molar-refractivity contribution in [3.63, 3.8) is 0 Å². The minimum absolute atomic E-state index is 0.0941. The molecule has 2 aliphatic rings. The van der Waals surface area contributed by atoms with E-state index in [2.05, 4.69) is 0 Å². The van der Waals surface area contributed by atoms with Gasteiger partial charge in [0.05, 0.1) is 28.5 Å². The van der Waals surface area contributed by atoms with Gasteiger partial charge in [-0.25, -0.2) is 8.42 Å². The first-order valence-corrected chi connectivity index (χ1v) is 11.8. The van der Waals surface area contributed by atoms with Gasteiger partial charge in [0.1, 0.15) is 0 Å². The number of carbonyl (C=O) groups excluding carboxylic acids is 2. The molecule has 9 heteroatoms. The number of methoxy groups -OCH3 is 1. The number of ether oxygens (including phenoxy) is 1. The van der Waals surface area contributed by atoms with Crippen LogP contribution in [-0.2, 0) is 19.6 Å². The van der Waals surface area contributed by atoms with Crippen LogP contribution in [-0.4, -0.2) is 62.8 Å². The zero-order valence-corrected chi connectivity index (χ0v) is 18.2. The zero-order valence-electron chi connectivity index (χ0n) is 16.6. The lowest BCUT2D eigenvalue weighted by molar-refractivity contribution is -0.146. The van der Waals surface area contributed by atoms with Gasteiger partial charge in [-0.2, -0.15) is 4.31 Å². The number of likely N-dealkylation sites (tertiary alicyclic amines) is 1. The lowest BCUT2D eigenvalue weighted by Gasteiger charge is -2.31. The Morgan fingerprint density at radius 3 is 2.24 bits per heavy atom. The first-order chi connectivity index (χ1) is 13.8. The number of piperidine rings is 1. The van der Waals surface area contributed by atoms with Gasteiger partial charge < -0.3 is 9.64 Å². The topological polar surface area (TPSA) is 84.0 Å². The Balaban J connectivity index is 1.78. The molecule has 1 aromatic carbocycles. The van der Waals surface area contributed by atoms with Gasteiger partial charge >= 0.3 is 5.97 Å². The lowest BCUT2D eigenvalue weighted by atomic mass is 9.96. The van der Waals surface area contributed by atoms with E-state index in [9.17, 15) is 18.0 Å². The molecule has 7 nitrogen and oxygen atoms in total. The summed E-state index contributed by atoms with van der Waals surface area (Å²) < 4.78 is 32.4. The SMILES string of the molecule is COC(=O)C1CCN(C(=O)c2cc(S(=O)(=O)N3CCCCCC3)ccc2Cl)CC1. The maximum atomic E-state index is 13.1. The molecule has 2 fully saturated rings. The third-order valence-electron chi connectivity index (χ3n) is 5.69. The number of hydrogen-bond acceptors (Lipinski definition) is 5. The van der Waals surface area contributed by atoms with Gasteiger partial charge in [-0.1, -0.05) is 24.4 Å². The first kappa shape index (κ1) is 22.1. The summed E-state index contributed by atoms with van der Waals surface area (Å²) in [6.07, 6.45) is 4.76. The van der Waals surface area contributed by atoms with Crippen molar-refractivity contribution in [1.29, 1.82) is 0 Å². The van der Waals surface area contributed by atoms with Crippen molar-refractivity contribution in [2.75, 3.05) is 33.3 Å². The van der Waals surface area contributed by atoms with E-state index in [0.717, 1.165) is 25.7 Å². The van der Waals surface area contributed by atoms with Crippen LogP contribution in [0.1, 0.15) is 48.9 Å².